The van der Waals surface area contributed by atoms with Crippen LogP contribution in [0.5, 0.6) is 5.88 Å². The fourth-order valence-electron chi connectivity index (χ4n) is 1.56. The van der Waals surface area contributed by atoms with Crippen molar-refractivity contribution < 1.29 is 4.74 Å². The molecular weight excluding hydrogens is 240 g/mol. The Morgan fingerprint density at radius 1 is 1.47 bits per heavy atom. The lowest BCUT2D eigenvalue weighted by Crippen LogP contribution is -2.33. The SMILES string of the molecule is CC(C)(C)Oc1cccc(CN=C(N)NC2CC2)n1. The molecule has 0 amide bonds. The summed E-state index contributed by atoms with van der Waals surface area (Å²) < 4.78 is 5.72. The van der Waals surface area contributed by atoms with Gasteiger partial charge in [0.05, 0.1) is 12.2 Å². The van der Waals surface area contributed by atoms with E-state index in [2.05, 4.69) is 15.3 Å². The molecule has 0 spiro atoms. The van der Waals surface area contributed by atoms with Crippen LogP contribution >= 0.6 is 0 Å². The van der Waals surface area contributed by atoms with Gasteiger partial charge in [-0.2, -0.15) is 0 Å². The Morgan fingerprint density at radius 2 is 2.21 bits per heavy atom. The smallest absolute Gasteiger partial charge is 0.214 e. The maximum absolute atomic E-state index is 5.78. The Morgan fingerprint density at radius 3 is 2.84 bits per heavy atom. The summed E-state index contributed by atoms with van der Waals surface area (Å²) in [5.74, 6) is 1.11. The second-order valence-corrected chi connectivity index (χ2v) is 5.80. The Balaban J connectivity index is 1.94. The van der Waals surface area contributed by atoms with E-state index < -0.39 is 0 Å². The molecule has 0 unspecified atom stereocenters. The number of nitrogens with two attached hydrogens (primary N) is 1. The maximum atomic E-state index is 5.78. The van der Waals surface area contributed by atoms with E-state index in [0.29, 0.717) is 24.4 Å². The quantitative estimate of drug-likeness (QED) is 0.641. The van der Waals surface area contributed by atoms with Crippen molar-refractivity contribution in [2.75, 3.05) is 0 Å². The highest BCUT2D eigenvalue weighted by Crippen LogP contribution is 2.18. The highest BCUT2D eigenvalue weighted by molar-refractivity contribution is 5.78. The number of hydrogen-bond acceptors (Lipinski definition) is 3. The molecule has 1 aliphatic carbocycles. The molecule has 3 N–H and O–H groups in total. The summed E-state index contributed by atoms with van der Waals surface area (Å²) in [7, 11) is 0. The molecule has 0 radical (unpaired) electrons. The van der Waals surface area contributed by atoms with Crippen molar-refractivity contribution in [2.24, 2.45) is 10.7 Å². The van der Waals surface area contributed by atoms with Gasteiger partial charge in [0.2, 0.25) is 5.88 Å². The molecule has 0 atom stereocenters. The number of ether oxygens (including phenoxy) is 1. The van der Waals surface area contributed by atoms with Crippen molar-refractivity contribution in [3.05, 3.63) is 23.9 Å². The van der Waals surface area contributed by atoms with Crippen molar-refractivity contribution in [1.82, 2.24) is 10.3 Å². The van der Waals surface area contributed by atoms with Gasteiger partial charge in [0.15, 0.2) is 5.96 Å². The molecule has 19 heavy (non-hydrogen) atoms. The van der Waals surface area contributed by atoms with Gasteiger partial charge >= 0.3 is 0 Å². The third-order valence-corrected chi connectivity index (χ3v) is 2.53. The van der Waals surface area contributed by atoms with Crippen molar-refractivity contribution in [2.45, 2.75) is 51.8 Å². The van der Waals surface area contributed by atoms with Gasteiger partial charge in [-0.3, -0.25) is 0 Å². The van der Waals surface area contributed by atoms with Gasteiger partial charge in [0, 0.05) is 12.1 Å². The van der Waals surface area contributed by atoms with E-state index in [4.69, 9.17) is 10.5 Å². The molecule has 1 fully saturated rings. The van der Waals surface area contributed by atoms with Crippen LogP contribution in [0.4, 0.5) is 0 Å². The van der Waals surface area contributed by atoms with E-state index in [9.17, 15) is 0 Å². The molecule has 0 aromatic carbocycles. The second kappa shape index (κ2) is 5.47. The van der Waals surface area contributed by atoms with Crippen molar-refractivity contribution >= 4 is 5.96 Å². The van der Waals surface area contributed by atoms with Crippen molar-refractivity contribution in [3.63, 3.8) is 0 Å². The number of nitrogens with zero attached hydrogens (tertiary/aromatic N) is 2. The first-order chi connectivity index (χ1) is 8.92. The minimum atomic E-state index is -0.249. The second-order valence-electron chi connectivity index (χ2n) is 5.80. The molecule has 1 heterocycles. The van der Waals surface area contributed by atoms with Crippen molar-refractivity contribution in [1.29, 1.82) is 0 Å². The molecule has 104 valence electrons. The average molecular weight is 262 g/mol. The van der Waals surface area contributed by atoms with E-state index in [1.54, 1.807) is 0 Å². The zero-order chi connectivity index (χ0) is 13.9. The molecule has 1 aromatic heterocycles. The van der Waals surface area contributed by atoms with Crippen LogP contribution in [-0.4, -0.2) is 22.6 Å². The Bertz CT molecular complexity index is 461. The fourth-order valence-corrected chi connectivity index (χ4v) is 1.56. The summed E-state index contributed by atoms with van der Waals surface area (Å²) in [6.45, 7) is 6.46. The lowest BCUT2D eigenvalue weighted by Gasteiger charge is -2.20. The van der Waals surface area contributed by atoms with Crippen LogP contribution in [0.25, 0.3) is 0 Å². The topological polar surface area (TPSA) is 72.5 Å². The fraction of sp³-hybridized carbons (Fsp3) is 0.571. The lowest BCUT2D eigenvalue weighted by molar-refractivity contribution is 0.124. The van der Waals surface area contributed by atoms with Crippen LogP contribution in [0.3, 0.4) is 0 Å². The van der Waals surface area contributed by atoms with Crippen molar-refractivity contribution in [3.8, 4) is 5.88 Å². The summed E-state index contributed by atoms with van der Waals surface area (Å²) in [5.41, 5.74) is 6.38. The standard InChI is InChI=1S/C14H22N4O/c1-14(2,3)19-12-6-4-5-11(17-12)9-16-13(15)18-10-7-8-10/h4-6,10H,7-9H2,1-3H3,(H3,15,16,18). The van der Waals surface area contributed by atoms with Gasteiger partial charge in [-0.05, 0) is 39.7 Å². The summed E-state index contributed by atoms with van der Waals surface area (Å²) in [5, 5.41) is 3.15. The third kappa shape index (κ3) is 5.16. The van der Waals surface area contributed by atoms with Gasteiger partial charge in [-0.15, -0.1) is 0 Å². The summed E-state index contributed by atoms with van der Waals surface area (Å²) >= 11 is 0. The van der Waals surface area contributed by atoms with Gasteiger partial charge in [0.25, 0.3) is 0 Å². The van der Waals surface area contributed by atoms with Gasteiger partial charge < -0.3 is 15.8 Å². The predicted octanol–water partition coefficient (Wildman–Crippen LogP) is 1.83. The van der Waals surface area contributed by atoms with E-state index in [1.165, 1.54) is 12.8 Å². The number of hydrogen-bond donors (Lipinski definition) is 2. The number of aliphatic imine (C=N–C) groups is 1. The first-order valence-electron chi connectivity index (χ1n) is 6.64. The largest absolute Gasteiger partial charge is 0.472 e. The Kier molecular flexibility index (Phi) is 3.93. The maximum Gasteiger partial charge on any atom is 0.214 e. The molecular formula is C14H22N4O. The molecule has 0 aliphatic heterocycles. The number of pyridine rings is 1. The first-order valence-corrected chi connectivity index (χ1v) is 6.64. The van der Waals surface area contributed by atoms with Crippen LogP contribution in [0.1, 0.15) is 39.3 Å². The molecule has 1 aromatic rings. The number of guanidine groups is 1. The number of rotatable bonds is 4. The molecule has 0 bridgehead atoms. The molecule has 0 saturated heterocycles. The predicted molar refractivity (Wildman–Crippen MR) is 76.1 cm³/mol. The summed E-state index contributed by atoms with van der Waals surface area (Å²) in [6, 6.07) is 6.21. The van der Waals surface area contributed by atoms with Crippen LogP contribution in [-0.2, 0) is 6.54 Å². The minimum Gasteiger partial charge on any atom is -0.472 e. The molecule has 1 saturated carbocycles. The first kappa shape index (κ1) is 13.6. The monoisotopic (exact) mass is 262 g/mol. The molecule has 5 nitrogen and oxygen atoms in total. The van der Waals surface area contributed by atoms with E-state index in [-0.39, 0.29) is 5.60 Å². The normalized spacial score (nSPS) is 16.3. The Hall–Kier alpha value is -1.78. The van der Waals surface area contributed by atoms with E-state index in [1.807, 2.05) is 39.0 Å². The molecule has 2 rings (SSSR count). The van der Waals surface area contributed by atoms with Gasteiger partial charge in [0.1, 0.15) is 5.60 Å². The number of nitrogens with one attached hydrogen (secondary N) is 1. The van der Waals surface area contributed by atoms with E-state index >= 15 is 0 Å². The van der Waals surface area contributed by atoms with Crippen LogP contribution < -0.4 is 15.8 Å². The lowest BCUT2D eigenvalue weighted by atomic mass is 10.2. The Labute approximate surface area is 114 Å². The van der Waals surface area contributed by atoms with E-state index in [0.717, 1.165) is 5.69 Å². The molecule has 5 heteroatoms. The summed E-state index contributed by atoms with van der Waals surface area (Å²) in [4.78, 5) is 8.69. The highest BCUT2D eigenvalue weighted by Gasteiger charge is 2.21. The van der Waals surface area contributed by atoms with Crippen LogP contribution in [0.2, 0.25) is 0 Å². The average Bonchev–Trinajstić information content (AvgIpc) is 3.08. The molecule has 1 aliphatic rings. The van der Waals surface area contributed by atoms with Crippen LogP contribution in [0, 0.1) is 0 Å². The highest BCUT2D eigenvalue weighted by atomic mass is 16.5. The van der Waals surface area contributed by atoms with Gasteiger partial charge in [-0.25, -0.2) is 9.98 Å². The zero-order valence-electron chi connectivity index (χ0n) is 11.8. The minimum absolute atomic E-state index is 0.249. The summed E-state index contributed by atoms with van der Waals surface area (Å²) in [6.07, 6.45) is 2.37. The number of aromatic nitrogens is 1. The van der Waals surface area contributed by atoms with Gasteiger partial charge in [-0.1, -0.05) is 6.07 Å². The van der Waals surface area contributed by atoms with Crippen LogP contribution in [0.15, 0.2) is 23.2 Å². The zero-order valence-corrected chi connectivity index (χ0v) is 11.8. The third-order valence-electron chi connectivity index (χ3n) is 2.53.